The first-order chi connectivity index (χ1) is 9.00. The first-order valence-corrected chi connectivity index (χ1v) is 16.0. The Morgan fingerprint density at radius 3 is 1.10 bits per heavy atom. The van der Waals surface area contributed by atoms with Crippen LogP contribution >= 0.6 is 45.2 Å². The predicted molar refractivity (Wildman–Crippen MR) is 115 cm³/mol. The third-order valence-electron chi connectivity index (χ3n) is 3.16. The molecule has 0 saturated carbocycles. The van der Waals surface area contributed by atoms with Crippen LogP contribution in [0.5, 0.6) is 0 Å². The zero-order valence-corrected chi connectivity index (χ0v) is 21.0. The standard InChI is InChI=1S/2C8H12ISi.Fe/c2*1-10(2,3)8-5-4-7(9)6-8;/h2*4-6H,1-3H3;/q2*-1;+2. The van der Waals surface area contributed by atoms with Gasteiger partial charge < -0.3 is 0 Å². The molecule has 0 aliphatic heterocycles. The Balaban J connectivity index is 0.000000364. The average molecular weight is 582 g/mol. The van der Waals surface area contributed by atoms with E-state index >= 15 is 0 Å². The zero-order chi connectivity index (χ0) is 15.6. The van der Waals surface area contributed by atoms with Crippen molar-refractivity contribution in [1.29, 1.82) is 0 Å². The number of rotatable bonds is 2. The Labute approximate surface area is 170 Å². The third kappa shape index (κ3) is 7.97. The molecule has 2 aromatic rings. The quantitative estimate of drug-likeness (QED) is 0.263. The van der Waals surface area contributed by atoms with Gasteiger partial charge in [0.05, 0.1) is 0 Å². The second-order valence-electron chi connectivity index (χ2n) is 7.14. The minimum absolute atomic E-state index is 0. The van der Waals surface area contributed by atoms with E-state index in [1.54, 1.807) is 10.4 Å². The number of hydrogen-bond acceptors (Lipinski definition) is 0. The summed E-state index contributed by atoms with van der Waals surface area (Å²) in [6, 6.07) is 13.5. The number of hydrogen-bond donors (Lipinski definition) is 0. The molecule has 0 nitrogen and oxygen atoms in total. The minimum atomic E-state index is -1.02. The van der Waals surface area contributed by atoms with Crippen LogP contribution in [0.2, 0.25) is 39.3 Å². The summed E-state index contributed by atoms with van der Waals surface area (Å²) in [5.74, 6) is 0. The van der Waals surface area contributed by atoms with Crippen molar-refractivity contribution in [2.75, 3.05) is 0 Å². The molecule has 0 aliphatic rings. The van der Waals surface area contributed by atoms with Crippen LogP contribution in [0, 0.1) is 7.14 Å². The Bertz CT molecular complexity index is 495. The predicted octanol–water partition coefficient (Wildman–Crippen LogP) is 5.11. The summed E-state index contributed by atoms with van der Waals surface area (Å²) in [5, 5.41) is 3.13. The van der Waals surface area contributed by atoms with Crippen LogP contribution in [0.25, 0.3) is 0 Å². The summed E-state index contributed by atoms with van der Waals surface area (Å²) >= 11 is 4.73. The van der Waals surface area contributed by atoms with Crippen LogP contribution in [0.4, 0.5) is 0 Å². The molecular weight excluding hydrogens is 558 g/mol. The third-order valence-corrected chi connectivity index (χ3v) is 8.59. The molecule has 0 atom stereocenters. The van der Waals surface area contributed by atoms with Gasteiger partial charge in [-0.15, -0.1) is 45.2 Å². The van der Waals surface area contributed by atoms with E-state index in [9.17, 15) is 0 Å². The smallest absolute Gasteiger partial charge is 0.211 e. The maximum atomic E-state index is 2.37. The number of halogens is 2. The molecule has 0 bridgehead atoms. The average Bonchev–Trinajstić information content (AvgIpc) is 2.85. The largest absolute Gasteiger partial charge is 2.00 e. The Kier molecular flexibility index (Phi) is 9.29. The van der Waals surface area contributed by atoms with E-state index in [1.807, 2.05) is 0 Å². The van der Waals surface area contributed by atoms with Crippen molar-refractivity contribution in [3.63, 3.8) is 0 Å². The van der Waals surface area contributed by atoms with Crippen molar-refractivity contribution in [2.45, 2.75) is 39.3 Å². The molecule has 0 heterocycles. The summed E-state index contributed by atoms with van der Waals surface area (Å²) < 4.78 is 2.74. The maximum Gasteiger partial charge on any atom is 2.00 e. The summed E-state index contributed by atoms with van der Waals surface area (Å²) in [6.45, 7) is 14.2. The summed E-state index contributed by atoms with van der Waals surface area (Å²) in [6.07, 6.45) is 0. The molecule has 0 aromatic heterocycles. The van der Waals surface area contributed by atoms with Gasteiger partial charge >= 0.3 is 17.1 Å². The van der Waals surface area contributed by atoms with Gasteiger partial charge in [0.15, 0.2) is 0 Å². The summed E-state index contributed by atoms with van der Waals surface area (Å²) in [7, 11) is -2.03. The molecule has 5 heteroatoms. The van der Waals surface area contributed by atoms with Crippen LogP contribution in [0.15, 0.2) is 36.4 Å². The van der Waals surface area contributed by atoms with E-state index < -0.39 is 16.1 Å². The normalized spacial score (nSPS) is 11.4. The van der Waals surface area contributed by atoms with Gasteiger partial charge in [-0.3, -0.25) is 0 Å². The van der Waals surface area contributed by atoms with Crippen molar-refractivity contribution < 1.29 is 17.1 Å². The first kappa shape index (κ1) is 22.1. The van der Waals surface area contributed by atoms with E-state index in [2.05, 4.69) is 121 Å². The summed E-state index contributed by atoms with van der Waals surface area (Å²) in [4.78, 5) is 0. The summed E-state index contributed by atoms with van der Waals surface area (Å²) in [5.41, 5.74) is 0. The molecule has 0 aliphatic carbocycles. The maximum absolute atomic E-state index is 2.37. The van der Waals surface area contributed by atoms with Crippen molar-refractivity contribution in [2.24, 2.45) is 0 Å². The molecular formula is C16H24FeI2Si2. The van der Waals surface area contributed by atoms with Crippen molar-refractivity contribution in [3.8, 4) is 0 Å². The molecule has 0 amide bonds. The van der Waals surface area contributed by atoms with Crippen molar-refractivity contribution in [1.82, 2.24) is 0 Å². The van der Waals surface area contributed by atoms with E-state index in [1.165, 1.54) is 7.14 Å². The fourth-order valence-corrected chi connectivity index (χ4v) is 5.72. The molecule has 2 rings (SSSR count). The van der Waals surface area contributed by atoms with Crippen LogP contribution in [0.1, 0.15) is 0 Å². The molecule has 0 radical (unpaired) electrons. The monoisotopic (exact) mass is 582 g/mol. The first-order valence-electron chi connectivity index (χ1n) is 6.85. The molecule has 2 aromatic carbocycles. The Morgan fingerprint density at radius 2 is 1.00 bits per heavy atom. The van der Waals surface area contributed by atoms with Crippen LogP contribution in [0.3, 0.4) is 0 Å². The van der Waals surface area contributed by atoms with E-state index in [0.29, 0.717) is 0 Å². The van der Waals surface area contributed by atoms with Gasteiger partial charge in [-0.2, -0.15) is 24.3 Å². The molecule has 0 saturated heterocycles. The molecule has 118 valence electrons. The van der Waals surface area contributed by atoms with Crippen LogP contribution in [-0.4, -0.2) is 16.1 Å². The molecule has 0 fully saturated rings. The second-order valence-corrected chi connectivity index (χ2v) is 19.8. The zero-order valence-electron chi connectivity index (χ0n) is 13.6. The Hall–Kier alpha value is 1.11. The van der Waals surface area contributed by atoms with Crippen LogP contribution < -0.4 is 10.4 Å². The van der Waals surface area contributed by atoms with Gasteiger partial charge in [0.2, 0.25) is 0 Å². The van der Waals surface area contributed by atoms with Crippen molar-refractivity contribution in [3.05, 3.63) is 43.5 Å². The van der Waals surface area contributed by atoms with Gasteiger partial charge in [-0.1, -0.05) is 46.4 Å². The molecule has 0 N–H and O–H groups in total. The van der Waals surface area contributed by atoms with Gasteiger partial charge in [0, 0.05) is 16.1 Å². The molecule has 0 spiro atoms. The molecule has 21 heavy (non-hydrogen) atoms. The van der Waals surface area contributed by atoms with Gasteiger partial charge in [-0.05, 0) is 0 Å². The Morgan fingerprint density at radius 1 is 0.714 bits per heavy atom. The van der Waals surface area contributed by atoms with E-state index in [-0.39, 0.29) is 17.1 Å². The van der Waals surface area contributed by atoms with Gasteiger partial charge in [0.1, 0.15) is 0 Å². The van der Waals surface area contributed by atoms with E-state index in [4.69, 9.17) is 0 Å². The van der Waals surface area contributed by atoms with Gasteiger partial charge in [-0.25, -0.2) is 22.5 Å². The minimum Gasteiger partial charge on any atom is -0.211 e. The second kappa shape index (κ2) is 8.82. The van der Waals surface area contributed by atoms with E-state index in [0.717, 1.165) is 0 Å². The SMILES string of the molecule is C[Si](C)(C)c1cc[c-](I)c1.C[Si](C)(C)c1cc[c-](I)c1.[Fe+2]. The molecule has 0 unspecified atom stereocenters. The fraction of sp³-hybridized carbons (Fsp3) is 0.375. The van der Waals surface area contributed by atoms with Gasteiger partial charge in [0.25, 0.3) is 0 Å². The van der Waals surface area contributed by atoms with Crippen molar-refractivity contribution >= 4 is 71.7 Å². The fourth-order valence-electron chi connectivity index (χ4n) is 1.76. The topological polar surface area (TPSA) is 0 Å². The van der Waals surface area contributed by atoms with Crippen LogP contribution in [-0.2, 0) is 17.1 Å².